The fourth-order valence-corrected chi connectivity index (χ4v) is 3.68. The number of para-hydroxylation sites is 2. The maximum Gasteiger partial charge on any atom is 0.279 e. The molecule has 0 spiro atoms. The zero-order chi connectivity index (χ0) is 21.3. The lowest BCUT2D eigenvalue weighted by Crippen LogP contribution is -3.08. The number of carbonyl (C=O) groups is 2. The van der Waals surface area contributed by atoms with Crippen LogP contribution in [0.5, 0.6) is 0 Å². The number of nitrogens with one attached hydrogen (secondary N) is 3. The number of benzene rings is 3. The molecule has 0 aliphatic rings. The average molecular weight is 421 g/mol. The number of likely N-dealkylation sites (N-methyl/N-ethyl adjacent to an activating group) is 1. The molecular weight excluding hydrogens is 394 g/mol. The maximum absolute atomic E-state index is 12.4. The van der Waals surface area contributed by atoms with Gasteiger partial charge < -0.3 is 15.5 Å². The number of amides is 2. The van der Waals surface area contributed by atoms with Crippen molar-refractivity contribution in [3.8, 4) is 0 Å². The second-order valence-electron chi connectivity index (χ2n) is 7.08. The first kappa shape index (κ1) is 21.6. The number of thioether (sulfide) groups is 1. The Labute approximate surface area is 181 Å². The second kappa shape index (κ2) is 10.6. The van der Waals surface area contributed by atoms with Crippen LogP contribution < -0.4 is 15.5 Å². The van der Waals surface area contributed by atoms with Gasteiger partial charge in [-0.05, 0) is 42.7 Å². The molecule has 0 aliphatic carbocycles. The molecule has 0 radical (unpaired) electrons. The first-order valence-corrected chi connectivity index (χ1v) is 11.0. The minimum absolute atomic E-state index is 0.0205. The van der Waals surface area contributed by atoms with Crippen molar-refractivity contribution in [1.82, 2.24) is 0 Å². The highest BCUT2D eigenvalue weighted by atomic mass is 32.2. The van der Waals surface area contributed by atoms with Crippen molar-refractivity contribution in [3.05, 3.63) is 90.0 Å². The number of hydrogen-bond acceptors (Lipinski definition) is 3. The molecule has 1 atom stereocenters. The summed E-state index contributed by atoms with van der Waals surface area (Å²) in [5.74, 6) is -0.159. The molecule has 0 saturated carbocycles. The number of carbonyl (C=O) groups excluding carboxylic acids is 2. The number of quaternary nitrogens is 1. The van der Waals surface area contributed by atoms with Gasteiger partial charge in [0, 0.05) is 21.7 Å². The monoisotopic (exact) mass is 420 g/mol. The van der Waals surface area contributed by atoms with Crippen LogP contribution in [0.15, 0.2) is 83.8 Å². The highest BCUT2D eigenvalue weighted by molar-refractivity contribution is 7.98. The smallest absolute Gasteiger partial charge is 0.279 e. The lowest BCUT2D eigenvalue weighted by molar-refractivity contribution is -0.885. The van der Waals surface area contributed by atoms with E-state index >= 15 is 0 Å². The van der Waals surface area contributed by atoms with E-state index in [1.54, 1.807) is 11.8 Å². The third-order valence-electron chi connectivity index (χ3n) is 4.60. The number of hydrogen-bond donors (Lipinski definition) is 3. The Bertz CT molecular complexity index is 991. The lowest BCUT2D eigenvalue weighted by atomic mass is 10.1. The molecule has 0 fully saturated rings. The van der Waals surface area contributed by atoms with Crippen molar-refractivity contribution in [3.63, 3.8) is 0 Å². The molecule has 3 rings (SSSR count). The SMILES string of the molecule is CSc1ccccc1NC(=O)C[NH+](C)Cc1ccc(C(=O)Nc2ccccc2)cc1. The molecule has 1 unspecified atom stereocenters. The van der Waals surface area contributed by atoms with E-state index in [4.69, 9.17) is 0 Å². The van der Waals surface area contributed by atoms with Crippen LogP contribution in [0.1, 0.15) is 15.9 Å². The van der Waals surface area contributed by atoms with Crippen molar-refractivity contribution >= 4 is 35.0 Å². The summed E-state index contributed by atoms with van der Waals surface area (Å²) in [6, 6.07) is 24.7. The highest BCUT2D eigenvalue weighted by Gasteiger charge is 2.13. The van der Waals surface area contributed by atoms with E-state index in [1.165, 1.54) is 0 Å². The van der Waals surface area contributed by atoms with E-state index in [9.17, 15) is 9.59 Å². The zero-order valence-corrected chi connectivity index (χ0v) is 18.0. The predicted molar refractivity (Wildman–Crippen MR) is 123 cm³/mol. The Kier molecular flexibility index (Phi) is 7.65. The Hall–Kier alpha value is -3.09. The largest absolute Gasteiger partial charge is 0.326 e. The summed E-state index contributed by atoms with van der Waals surface area (Å²) >= 11 is 1.61. The van der Waals surface area contributed by atoms with Gasteiger partial charge in [0.15, 0.2) is 6.54 Å². The standard InChI is InChI=1S/C24H25N3O2S/c1-27(17-23(28)26-21-10-6-7-11-22(21)30-2)16-18-12-14-19(15-13-18)24(29)25-20-8-4-3-5-9-20/h3-15H,16-17H2,1-2H3,(H,25,29)(H,26,28)/p+1. The third-order valence-corrected chi connectivity index (χ3v) is 5.39. The van der Waals surface area contributed by atoms with E-state index in [2.05, 4.69) is 10.6 Å². The third kappa shape index (κ3) is 6.20. The van der Waals surface area contributed by atoms with Gasteiger partial charge in [0.1, 0.15) is 6.54 Å². The molecule has 0 saturated heterocycles. The van der Waals surface area contributed by atoms with Crippen LogP contribution in [0.2, 0.25) is 0 Å². The number of rotatable bonds is 8. The van der Waals surface area contributed by atoms with E-state index < -0.39 is 0 Å². The van der Waals surface area contributed by atoms with Gasteiger partial charge in [0.25, 0.3) is 11.8 Å². The molecule has 3 aromatic rings. The van der Waals surface area contributed by atoms with Crippen molar-refractivity contribution in [2.24, 2.45) is 0 Å². The molecule has 3 aromatic carbocycles. The molecule has 30 heavy (non-hydrogen) atoms. The summed E-state index contributed by atoms with van der Waals surface area (Å²) in [6.07, 6.45) is 1.99. The van der Waals surface area contributed by atoms with Crippen LogP contribution in [0.4, 0.5) is 11.4 Å². The highest BCUT2D eigenvalue weighted by Crippen LogP contribution is 2.24. The first-order valence-electron chi connectivity index (χ1n) is 9.74. The van der Waals surface area contributed by atoms with Gasteiger partial charge in [-0.1, -0.05) is 42.5 Å². The Morgan fingerprint density at radius 1 is 0.867 bits per heavy atom. The number of anilines is 2. The molecule has 0 aromatic heterocycles. The van der Waals surface area contributed by atoms with Crippen LogP contribution >= 0.6 is 11.8 Å². The van der Waals surface area contributed by atoms with Crippen LogP contribution in [0.3, 0.4) is 0 Å². The fraction of sp³-hybridized carbons (Fsp3) is 0.167. The summed E-state index contributed by atoms with van der Waals surface area (Å²) in [4.78, 5) is 26.9. The molecule has 2 amide bonds. The quantitative estimate of drug-likeness (QED) is 0.490. The van der Waals surface area contributed by atoms with Gasteiger partial charge in [0.05, 0.1) is 12.7 Å². The minimum atomic E-state index is -0.139. The zero-order valence-electron chi connectivity index (χ0n) is 17.1. The van der Waals surface area contributed by atoms with Crippen molar-refractivity contribution < 1.29 is 14.5 Å². The second-order valence-corrected chi connectivity index (χ2v) is 7.92. The van der Waals surface area contributed by atoms with Gasteiger partial charge >= 0.3 is 0 Å². The van der Waals surface area contributed by atoms with Crippen molar-refractivity contribution in [2.45, 2.75) is 11.4 Å². The summed E-state index contributed by atoms with van der Waals surface area (Å²) in [5.41, 5.74) is 3.29. The molecule has 5 nitrogen and oxygen atoms in total. The topological polar surface area (TPSA) is 62.6 Å². The molecule has 0 bridgehead atoms. The average Bonchev–Trinajstić information content (AvgIpc) is 2.75. The molecule has 0 aliphatic heterocycles. The Balaban J connectivity index is 1.52. The molecular formula is C24H26N3O2S+. The van der Waals surface area contributed by atoms with E-state index in [-0.39, 0.29) is 11.8 Å². The Morgan fingerprint density at radius 3 is 2.23 bits per heavy atom. The minimum Gasteiger partial charge on any atom is -0.326 e. The van der Waals surface area contributed by atoms with Crippen LogP contribution in [0.25, 0.3) is 0 Å². The lowest BCUT2D eigenvalue weighted by Gasteiger charge is -2.15. The van der Waals surface area contributed by atoms with Gasteiger partial charge in [-0.25, -0.2) is 0 Å². The maximum atomic E-state index is 12.4. The van der Waals surface area contributed by atoms with Gasteiger partial charge in [-0.3, -0.25) is 9.59 Å². The van der Waals surface area contributed by atoms with Gasteiger partial charge in [0.2, 0.25) is 0 Å². The van der Waals surface area contributed by atoms with Crippen molar-refractivity contribution in [2.75, 3.05) is 30.5 Å². The van der Waals surface area contributed by atoms with Crippen LogP contribution in [-0.4, -0.2) is 31.7 Å². The van der Waals surface area contributed by atoms with Crippen LogP contribution in [-0.2, 0) is 11.3 Å². The van der Waals surface area contributed by atoms with E-state index in [1.807, 2.05) is 92.2 Å². The fourth-order valence-electron chi connectivity index (χ4n) is 3.13. The molecule has 6 heteroatoms. The summed E-state index contributed by atoms with van der Waals surface area (Å²) in [5, 5.41) is 5.87. The van der Waals surface area contributed by atoms with Gasteiger partial charge in [-0.2, -0.15) is 0 Å². The van der Waals surface area contributed by atoms with Crippen LogP contribution in [0, 0.1) is 0 Å². The summed E-state index contributed by atoms with van der Waals surface area (Å²) in [6.45, 7) is 1.05. The summed E-state index contributed by atoms with van der Waals surface area (Å²) < 4.78 is 0. The normalized spacial score (nSPS) is 11.5. The predicted octanol–water partition coefficient (Wildman–Crippen LogP) is 3.31. The first-order chi connectivity index (χ1) is 14.5. The van der Waals surface area contributed by atoms with E-state index in [0.717, 1.165) is 26.7 Å². The molecule has 154 valence electrons. The molecule has 3 N–H and O–H groups in total. The Morgan fingerprint density at radius 2 is 1.53 bits per heavy atom. The van der Waals surface area contributed by atoms with Crippen molar-refractivity contribution in [1.29, 1.82) is 0 Å². The van der Waals surface area contributed by atoms with E-state index in [0.29, 0.717) is 18.7 Å². The molecule has 0 heterocycles. The van der Waals surface area contributed by atoms with Gasteiger partial charge in [-0.15, -0.1) is 11.8 Å². The summed E-state index contributed by atoms with van der Waals surface area (Å²) in [7, 11) is 1.98.